The summed E-state index contributed by atoms with van der Waals surface area (Å²) in [5.41, 5.74) is 9.51. The third-order valence-electron chi connectivity index (χ3n) is 13.4. The van der Waals surface area contributed by atoms with E-state index in [4.69, 9.17) is 14.2 Å². The summed E-state index contributed by atoms with van der Waals surface area (Å²) >= 11 is 0. The van der Waals surface area contributed by atoms with Gasteiger partial charge in [0, 0.05) is 80.6 Å². The number of morpholine rings is 1. The van der Waals surface area contributed by atoms with Crippen molar-refractivity contribution < 1.29 is 28.6 Å². The molecule has 13 heteroatoms. The van der Waals surface area contributed by atoms with Gasteiger partial charge in [0.2, 0.25) is 11.8 Å². The van der Waals surface area contributed by atoms with Crippen molar-refractivity contribution in [3.05, 3.63) is 160 Å². The lowest BCUT2D eigenvalue weighted by molar-refractivity contribution is -0.131. The Balaban J connectivity index is 1.02. The van der Waals surface area contributed by atoms with E-state index in [9.17, 15) is 14.9 Å². The maximum Gasteiger partial charge on any atom is 0.264 e. The quantitative estimate of drug-likeness (QED) is 0.121. The second-order valence-corrected chi connectivity index (χ2v) is 17.5. The Bertz CT molecular complexity index is 2850. The zero-order chi connectivity index (χ0) is 46.6. The first-order valence-corrected chi connectivity index (χ1v) is 22.9. The maximum absolute atomic E-state index is 15.2. The molecule has 3 aliphatic heterocycles. The number of amides is 3. The summed E-state index contributed by atoms with van der Waals surface area (Å²) < 4.78 is 18.7. The number of hydrogen-bond acceptors (Lipinski definition) is 9. The number of para-hydroxylation sites is 1. The maximum atomic E-state index is 15.2. The number of nitriles is 1. The Morgan fingerprint density at radius 3 is 2.34 bits per heavy atom. The van der Waals surface area contributed by atoms with E-state index in [2.05, 4.69) is 41.1 Å². The zero-order valence-corrected chi connectivity index (χ0v) is 38.5. The first-order valence-electron chi connectivity index (χ1n) is 22.9. The van der Waals surface area contributed by atoms with Crippen molar-refractivity contribution in [3.63, 3.8) is 0 Å². The fraction of sp³-hybridized carbons (Fsp3) is 0.315. The predicted molar refractivity (Wildman–Crippen MR) is 256 cm³/mol. The average molecular weight is 898 g/mol. The van der Waals surface area contributed by atoms with Crippen LogP contribution in [0.4, 0.5) is 11.4 Å². The number of nitrogens with zero attached hydrogens (tertiary/aromatic N) is 7. The van der Waals surface area contributed by atoms with Gasteiger partial charge in [-0.05, 0) is 103 Å². The monoisotopic (exact) mass is 897 g/mol. The minimum Gasteiger partial charge on any atom is -0.492 e. The van der Waals surface area contributed by atoms with E-state index in [0.717, 1.165) is 72.8 Å². The van der Waals surface area contributed by atoms with Gasteiger partial charge in [0.05, 0.1) is 44.2 Å². The van der Waals surface area contributed by atoms with Gasteiger partial charge in [-0.25, -0.2) is 4.98 Å². The molecule has 342 valence electrons. The van der Waals surface area contributed by atoms with Gasteiger partial charge < -0.3 is 28.6 Å². The van der Waals surface area contributed by atoms with Gasteiger partial charge in [-0.3, -0.25) is 24.2 Å². The van der Waals surface area contributed by atoms with Gasteiger partial charge >= 0.3 is 0 Å². The van der Waals surface area contributed by atoms with Crippen molar-refractivity contribution in [2.75, 3.05) is 58.0 Å². The molecule has 6 aromatic rings. The second kappa shape index (κ2) is 19.7. The smallest absolute Gasteiger partial charge is 0.264 e. The van der Waals surface area contributed by atoms with Crippen LogP contribution in [0.1, 0.15) is 66.7 Å². The van der Waals surface area contributed by atoms with E-state index in [1.54, 1.807) is 11.0 Å². The Kier molecular flexibility index (Phi) is 13.2. The number of aromatic nitrogens is 2. The fourth-order valence-corrected chi connectivity index (χ4v) is 9.49. The summed E-state index contributed by atoms with van der Waals surface area (Å²) in [6.45, 7) is 10.1. The molecule has 13 nitrogen and oxygen atoms in total. The van der Waals surface area contributed by atoms with Crippen LogP contribution in [-0.4, -0.2) is 101 Å². The number of benzene rings is 4. The van der Waals surface area contributed by atoms with Crippen molar-refractivity contribution >= 4 is 29.1 Å². The molecule has 3 amide bonds. The molecule has 0 bridgehead atoms. The topological polar surface area (TPSA) is 133 Å². The number of carbonyl (C=O) groups is 3. The van der Waals surface area contributed by atoms with Crippen LogP contribution < -0.4 is 14.4 Å². The van der Waals surface area contributed by atoms with E-state index >= 15 is 4.79 Å². The molecule has 0 unspecified atom stereocenters. The number of pyridine rings is 1. The third kappa shape index (κ3) is 9.41. The molecular weight excluding hydrogens is 843 g/mol. The summed E-state index contributed by atoms with van der Waals surface area (Å²) in [6.07, 6.45) is 3.11. The first kappa shape index (κ1) is 44.9. The van der Waals surface area contributed by atoms with Gasteiger partial charge in [0.25, 0.3) is 11.8 Å². The van der Waals surface area contributed by atoms with Gasteiger partial charge in [-0.1, -0.05) is 54.6 Å². The van der Waals surface area contributed by atoms with E-state index < -0.39 is 0 Å². The van der Waals surface area contributed by atoms with Crippen molar-refractivity contribution in [1.82, 2.24) is 24.3 Å². The summed E-state index contributed by atoms with van der Waals surface area (Å²) in [7, 11) is 3.36. The number of fused-ring (bicyclic) bond motifs is 2. The van der Waals surface area contributed by atoms with Crippen LogP contribution in [0.2, 0.25) is 0 Å². The molecule has 1 saturated heterocycles. The SMILES string of the molecule is COc1ncc(N(C(=O)c2cc(-c3cc4c(cc3C(=O)N3Cc5ccccc5C[C@H]3C)CN(C(=O)Cc3ccc(OCCN5CCOCC5)cc3)CC4)n(C)c2C)c2ccccc2)cc1C#N. The molecule has 4 aromatic carbocycles. The van der Waals surface area contributed by atoms with E-state index in [1.165, 1.54) is 18.9 Å². The summed E-state index contributed by atoms with van der Waals surface area (Å²) in [6, 6.07) is 34.9. The molecule has 0 N–H and O–H groups in total. The minimum atomic E-state index is -0.325. The van der Waals surface area contributed by atoms with E-state index in [1.807, 2.05) is 107 Å². The molecule has 0 radical (unpaired) electrons. The Labute approximate surface area is 391 Å². The van der Waals surface area contributed by atoms with Gasteiger partial charge in [0.1, 0.15) is 24.0 Å². The Morgan fingerprint density at radius 2 is 1.60 bits per heavy atom. The van der Waals surface area contributed by atoms with Gasteiger partial charge in [-0.15, -0.1) is 0 Å². The average Bonchev–Trinajstić information content (AvgIpc) is 3.66. The van der Waals surface area contributed by atoms with Gasteiger partial charge in [-0.2, -0.15) is 5.26 Å². The molecule has 5 heterocycles. The Hall–Kier alpha value is -7.27. The molecule has 3 aliphatic rings. The van der Waals surface area contributed by atoms with Crippen molar-refractivity contribution in [3.8, 4) is 29.0 Å². The molecular formula is C54H55N7O6. The van der Waals surface area contributed by atoms with Crippen LogP contribution in [0.3, 0.4) is 0 Å². The van der Waals surface area contributed by atoms with Crippen LogP contribution in [0.25, 0.3) is 11.3 Å². The lowest BCUT2D eigenvalue weighted by Crippen LogP contribution is -2.43. The van der Waals surface area contributed by atoms with Crippen molar-refractivity contribution in [2.45, 2.75) is 52.2 Å². The number of rotatable bonds is 12. The first-order chi connectivity index (χ1) is 32.6. The number of ether oxygens (including phenoxy) is 3. The van der Waals surface area contributed by atoms with Crippen LogP contribution in [-0.2, 0) is 48.9 Å². The normalized spacial score (nSPS) is 15.8. The number of hydrogen-bond donors (Lipinski definition) is 0. The molecule has 9 rings (SSSR count). The lowest BCUT2D eigenvalue weighted by Gasteiger charge is -2.36. The molecule has 0 aliphatic carbocycles. The largest absolute Gasteiger partial charge is 0.492 e. The highest BCUT2D eigenvalue weighted by Gasteiger charge is 2.33. The van der Waals surface area contributed by atoms with Crippen molar-refractivity contribution in [2.24, 2.45) is 7.05 Å². The van der Waals surface area contributed by atoms with E-state index in [-0.39, 0.29) is 41.6 Å². The predicted octanol–water partition coefficient (Wildman–Crippen LogP) is 7.68. The summed E-state index contributed by atoms with van der Waals surface area (Å²) in [5.74, 6) is 0.524. The van der Waals surface area contributed by atoms with Gasteiger partial charge in [0.15, 0.2) is 0 Å². The fourth-order valence-electron chi connectivity index (χ4n) is 9.49. The third-order valence-corrected chi connectivity index (χ3v) is 13.4. The summed E-state index contributed by atoms with van der Waals surface area (Å²) in [4.78, 5) is 56.1. The summed E-state index contributed by atoms with van der Waals surface area (Å²) in [5, 5.41) is 9.93. The lowest BCUT2D eigenvalue weighted by atomic mass is 9.89. The molecule has 0 saturated carbocycles. The minimum absolute atomic E-state index is 0.0167. The Morgan fingerprint density at radius 1 is 0.851 bits per heavy atom. The standard InChI is InChI=1S/C54H55N7O6/c1-36-26-39-10-8-9-11-41(39)35-60(36)53(63)49-30-43-34-59(51(62)27-38-14-16-46(17-15-38)67-25-22-58-20-23-66-24-21-58)19-18-40(43)29-48(49)50-31-47(37(2)57(50)3)54(64)61(44-12-6-5-7-13-44)45-28-42(32-55)52(65-4)56-33-45/h5-17,28-31,33,36H,18-27,34-35H2,1-4H3/t36-/m1/s1. The van der Waals surface area contributed by atoms with E-state index in [0.29, 0.717) is 66.6 Å². The molecule has 1 fully saturated rings. The highest BCUT2D eigenvalue weighted by atomic mass is 16.5. The van der Waals surface area contributed by atoms with Crippen LogP contribution in [0.5, 0.6) is 11.6 Å². The highest BCUT2D eigenvalue weighted by Crippen LogP contribution is 2.37. The van der Waals surface area contributed by atoms with Crippen LogP contribution in [0, 0.1) is 18.3 Å². The zero-order valence-electron chi connectivity index (χ0n) is 38.5. The second-order valence-electron chi connectivity index (χ2n) is 17.5. The molecule has 1 atom stereocenters. The number of carbonyl (C=O) groups excluding carboxylic acids is 3. The molecule has 67 heavy (non-hydrogen) atoms. The van der Waals surface area contributed by atoms with Crippen LogP contribution in [0.15, 0.2) is 109 Å². The van der Waals surface area contributed by atoms with Crippen LogP contribution >= 0.6 is 0 Å². The number of anilines is 2. The number of methoxy groups -OCH3 is 1. The highest BCUT2D eigenvalue weighted by molar-refractivity contribution is 6.12. The molecule has 0 spiro atoms. The van der Waals surface area contributed by atoms with Crippen molar-refractivity contribution in [1.29, 1.82) is 5.26 Å². The molecule has 2 aromatic heterocycles.